The molecule has 2 N–H and O–H groups in total. The second-order valence-corrected chi connectivity index (χ2v) is 6.31. The zero-order chi connectivity index (χ0) is 12.2. The number of hydrogen-bond acceptors (Lipinski definition) is 3. The topological polar surface area (TPSA) is 83.5 Å². The van der Waals surface area contributed by atoms with E-state index in [9.17, 15) is 13.2 Å². The maximum absolute atomic E-state index is 11.5. The molecule has 0 aliphatic heterocycles. The Kier molecular flexibility index (Phi) is 4.73. The van der Waals surface area contributed by atoms with Crippen molar-refractivity contribution in [3.05, 3.63) is 0 Å². The minimum absolute atomic E-state index is 0.0370. The van der Waals surface area contributed by atoms with Crippen molar-refractivity contribution in [3.8, 4) is 0 Å². The van der Waals surface area contributed by atoms with Crippen LogP contribution in [0, 0.1) is 5.92 Å². The van der Waals surface area contributed by atoms with Gasteiger partial charge in [0, 0.05) is 0 Å². The van der Waals surface area contributed by atoms with Gasteiger partial charge in [-0.05, 0) is 19.3 Å². The van der Waals surface area contributed by atoms with Gasteiger partial charge in [0.05, 0.1) is 5.75 Å². The summed E-state index contributed by atoms with van der Waals surface area (Å²) in [7, 11) is -3.44. The normalized spacial score (nSPS) is 19.8. The van der Waals surface area contributed by atoms with Crippen LogP contribution in [-0.2, 0) is 14.8 Å². The zero-order valence-electron chi connectivity index (χ0n) is 9.48. The van der Waals surface area contributed by atoms with E-state index in [4.69, 9.17) is 5.11 Å². The molecule has 0 bridgehead atoms. The molecule has 1 atom stereocenters. The summed E-state index contributed by atoms with van der Waals surface area (Å²) in [6.07, 6.45) is 5.21. The van der Waals surface area contributed by atoms with E-state index in [1.165, 1.54) is 19.8 Å². The molecule has 16 heavy (non-hydrogen) atoms. The SMILES string of the molecule is C[C@@H](NS(=O)(=O)CCC1CCCC1)C(=O)O. The summed E-state index contributed by atoms with van der Waals surface area (Å²) in [5.74, 6) is -0.615. The van der Waals surface area contributed by atoms with Crippen LogP contribution in [-0.4, -0.2) is 31.3 Å². The van der Waals surface area contributed by atoms with Gasteiger partial charge in [0.2, 0.25) is 10.0 Å². The lowest BCUT2D eigenvalue weighted by atomic mass is 10.1. The number of carboxylic acid groups (broad SMARTS) is 1. The number of carboxylic acids is 1. The molecule has 1 fully saturated rings. The van der Waals surface area contributed by atoms with Gasteiger partial charge in [-0.2, -0.15) is 0 Å². The average Bonchev–Trinajstić information content (AvgIpc) is 2.66. The highest BCUT2D eigenvalue weighted by Gasteiger charge is 2.22. The van der Waals surface area contributed by atoms with E-state index in [2.05, 4.69) is 4.72 Å². The van der Waals surface area contributed by atoms with Crippen molar-refractivity contribution >= 4 is 16.0 Å². The second-order valence-electron chi connectivity index (χ2n) is 4.44. The summed E-state index contributed by atoms with van der Waals surface area (Å²) < 4.78 is 25.2. The summed E-state index contributed by atoms with van der Waals surface area (Å²) in [6.45, 7) is 1.33. The molecule has 0 heterocycles. The Bertz CT molecular complexity index is 333. The van der Waals surface area contributed by atoms with E-state index in [-0.39, 0.29) is 5.75 Å². The molecule has 0 aromatic rings. The highest BCUT2D eigenvalue weighted by atomic mass is 32.2. The Hall–Kier alpha value is -0.620. The highest BCUT2D eigenvalue weighted by molar-refractivity contribution is 7.89. The minimum Gasteiger partial charge on any atom is -0.480 e. The predicted molar refractivity (Wildman–Crippen MR) is 60.6 cm³/mol. The number of aliphatic carboxylic acids is 1. The molecular weight excluding hydrogens is 230 g/mol. The van der Waals surface area contributed by atoms with Gasteiger partial charge in [-0.1, -0.05) is 25.7 Å². The van der Waals surface area contributed by atoms with Crippen molar-refractivity contribution in [3.63, 3.8) is 0 Å². The first-order valence-electron chi connectivity index (χ1n) is 5.63. The van der Waals surface area contributed by atoms with E-state index in [1.54, 1.807) is 0 Å². The molecule has 6 heteroatoms. The lowest BCUT2D eigenvalue weighted by Crippen LogP contribution is -2.39. The van der Waals surface area contributed by atoms with Crippen molar-refractivity contribution in [2.45, 2.75) is 45.1 Å². The molecule has 1 aliphatic rings. The molecule has 0 aromatic heterocycles. The quantitative estimate of drug-likeness (QED) is 0.734. The number of hydrogen-bond donors (Lipinski definition) is 2. The summed E-state index contributed by atoms with van der Waals surface area (Å²) in [5.41, 5.74) is 0. The van der Waals surface area contributed by atoms with Crippen LogP contribution in [0.3, 0.4) is 0 Å². The predicted octanol–water partition coefficient (Wildman–Crippen LogP) is 0.959. The number of rotatable bonds is 6. The highest BCUT2D eigenvalue weighted by Crippen LogP contribution is 2.27. The molecule has 0 unspecified atom stereocenters. The van der Waals surface area contributed by atoms with Crippen molar-refractivity contribution in [1.82, 2.24) is 4.72 Å². The molecule has 0 saturated heterocycles. The van der Waals surface area contributed by atoms with Gasteiger partial charge in [-0.3, -0.25) is 4.79 Å². The zero-order valence-corrected chi connectivity index (χ0v) is 10.3. The lowest BCUT2D eigenvalue weighted by Gasteiger charge is -2.12. The number of nitrogens with one attached hydrogen (secondary N) is 1. The first-order chi connectivity index (χ1) is 7.41. The van der Waals surface area contributed by atoms with Crippen molar-refractivity contribution in [2.24, 2.45) is 5.92 Å². The molecule has 1 aliphatic carbocycles. The maximum atomic E-state index is 11.5. The van der Waals surface area contributed by atoms with Gasteiger partial charge >= 0.3 is 5.97 Å². The van der Waals surface area contributed by atoms with Crippen molar-refractivity contribution in [2.75, 3.05) is 5.75 Å². The Labute approximate surface area is 96.3 Å². The third-order valence-electron chi connectivity index (χ3n) is 3.00. The van der Waals surface area contributed by atoms with Crippen LogP contribution in [0.1, 0.15) is 39.0 Å². The Morgan fingerprint density at radius 2 is 2.00 bits per heavy atom. The van der Waals surface area contributed by atoms with E-state index >= 15 is 0 Å². The van der Waals surface area contributed by atoms with Crippen LogP contribution < -0.4 is 4.72 Å². The van der Waals surface area contributed by atoms with Crippen LogP contribution in [0.15, 0.2) is 0 Å². The fourth-order valence-electron chi connectivity index (χ4n) is 2.00. The van der Waals surface area contributed by atoms with Gasteiger partial charge in [0.25, 0.3) is 0 Å². The fraction of sp³-hybridized carbons (Fsp3) is 0.900. The number of carbonyl (C=O) groups is 1. The molecule has 0 aromatic carbocycles. The maximum Gasteiger partial charge on any atom is 0.321 e. The third kappa shape index (κ3) is 4.49. The van der Waals surface area contributed by atoms with Crippen LogP contribution in [0.5, 0.6) is 0 Å². The summed E-state index contributed by atoms with van der Waals surface area (Å²) in [5, 5.41) is 8.60. The molecule has 0 radical (unpaired) electrons. The second kappa shape index (κ2) is 5.63. The molecule has 1 saturated carbocycles. The van der Waals surface area contributed by atoms with E-state index in [0.717, 1.165) is 12.8 Å². The van der Waals surface area contributed by atoms with E-state index < -0.39 is 22.0 Å². The standard InChI is InChI=1S/C10H19NO4S/c1-8(10(12)13)11-16(14,15)7-6-9-4-2-3-5-9/h8-9,11H,2-7H2,1H3,(H,12,13)/t8-/m1/s1. The first-order valence-corrected chi connectivity index (χ1v) is 7.29. The molecule has 1 rings (SSSR count). The molecule has 0 amide bonds. The van der Waals surface area contributed by atoms with E-state index in [0.29, 0.717) is 12.3 Å². The van der Waals surface area contributed by atoms with Crippen LogP contribution in [0.4, 0.5) is 0 Å². The Morgan fingerprint density at radius 1 is 1.44 bits per heavy atom. The molecular formula is C10H19NO4S. The smallest absolute Gasteiger partial charge is 0.321 e. The van der Waals surface area contributed by atoms with Crippen molar-refractivity contribution < 1.29 is 18.3 Å². The molecule has 94 valence electrons. The number of sulfonamides is 1. The lowest BCUT2D eigenvalue weighted by molar-refractivity contribution is -0.138. The monoisotopic (exact) mass is 249 g/mol. The first kappa shape index (κ1) is 13.4. The largest absolute Gasteiger partial charge is 0.480 e. The van der Waals surface area contributed by atoms with Gasteiger partial charge in [0.15, 0.2) is 0 Å². The van der Waals surface area contributed by atoms with Crippen LogP contribution in [0.25, 0.3) is 0 Å². The fourth-order valence-corrected chi connectivity index (χ4v) is 3.40. The van der Waals surface area contributed by atoms with Gasteiger partial charge in [-0.25, -0.2) is 13.1 Å². The van der Waals surface area contributed by atoms with E-state index in [1.807, 2.05) is 0 Å². The third-order valence-corrected chi connectivity index (χ3v) is 4.48. The van der Waals surface area contributed by atoms with Gasteiger partial charge in [-0.15, -0.1) is 0 Å². The minimum atomic E-state index is -3.44. The Balaban J connectivity index is 2.36. The average molecular weight is 249 g/mol. The van der Waals surface area contributed by atoms with Gasteiger partial charge in [0.1, 0.15) is 6.04 Å². The Morgan fingerprint density at radius 3 is 2.50 bits per heavy atom. The molecule has 0 spiro atoms. The summed E-state index contributed by atoms with van der Waals surface area (Å²) in [6, 6.07) is -1.05. The summed E-state index contributed by atoms with van der Waals surface area (Å²) in [4.78, 5) is 10.5. The summed E-state index contributed by atoms with van der Waals surface area (Å²) >= 11 is 0. The van der Waals surface area contributed by atoms with Crippen LogP contribution >= 0.6 is 0 Å². The van der Waals surface area contributed by atoms with Crippen LogP contribution in [0.2, 0.25) is 0 Å². The van der Waals surface area contributed by atoms with Gasteiger partial charge < -0.3 is 5.11 Å². The van der Waals surface area contributed by atoms with Crippen molar-refractivity contribution in [1.29, 1.82) is 0 Å². The molecule has 5 nitrogen and oxygen atoms in total.